The SMILES string of the molecule is [CH2-]CC(=O)N1CCC(NC(=O)c2ccc(C(=O)O)cn2)C1.[K+]. The minimum atomic E-state index is -1.09. The van der Waals surface area contributed by atoms with Crippen molar-refractivity contribution in [1.29, 1.82) is 0 Å². The van der Waals surface area contributed by atoms with Crippen molar-refractivity contribution in [3.63, 3.8) is 0 Å². The average Bonchev–Trinajstić information content (AvgIpc) is 2.95. The molecule has 0 saturated carbocycles. The van der Waals surface area contributed by atoms with Crippen LogP contribution in [-0.2, 0) is 4.79 Å². The first-order valence-corrected chi connectivity index (χ1v) is 6.58. The third-order valence-electron chi connectivity index (χ3n) is 3.33. The molecule has 2 amide bonds. The first-order chi connectivity index (χ1) is 10.0. The molecule has 1 atom stereocenters. The number of hydrogen-bond donors (Lipinski definition) is 2. The van der Waals surface area contributed by atoms with Crippen LogP contribution in [0.3, 0.4) is 0 Å². The second-order valence-corrected chi connectivity index (χ2v) is 4.79. The quantitative estimate of drug-likeness (QED) is 0.464. The van der Waals surface area contributed by atoms with Crippen molar-refractivity contribution in [3.05, 3.63) is 36.5 Å². The number of carboxylic acids is 1. The van der Waals surface area contributed by atoms with Crippen LogP contribution in [-0.4, -0.2) is 51.9 Å². The van der Waals surface area contributed by atoms with Crippen molar-refractivity contribution in [1.82, 2.24) is 15.2 Å². The zero-order chi connectivity index (χ0) is 15.4. The van der Waals surface area contributed by atoms with Crippen LogP contribution in [0.15, 0.2) is 18.3 Å². The Balaban J connectivity index is 0.00000242. The van der Waals surface area contributed by atoms with Gasteiger partial charge < -0.3 is 22.2 Å². The Kier molecular flexibility index (Phi) is 7.64. The van der Waals surface area contributed by atoms with Gasteiger partial charge in [0.15, 0.2) is 5.91 Å². The van der Waals surface area contributed by atoms with E-state index in [9.17, 15) is 14.4 Å². The van der Waals surface area contributed by atoms with Gasteiger partial charge in [0, 0.05) is 25.3 Å². The molecule has 1 aliphatic heterocycles. The molecule has 0 radical (unpaired) electrons. The maximum atomic E-state index is 12.0. The third kappa shape index (κ3) is 4.85. The Labute approximate surface area is 170 Å². The van der Waals surface area contributed by atoms with Crippen molar-refractivity contribution < 1.29 is 70.9 Å². The van der Waals surface area contributed by atoms with E-state index in [1.807, 2.05) is 0 Å². The zero-order valence-electron chi connectivity index (χ0n) is 12.4. The second kappa shape index (κ2) is 8.73. The summed E-state index contributed by atoms with van der Waals surface area (Å²) in [6.45, 7) is 4.62. The maximum Gasteiger partial charge on any atom is 1.00 e. The van der Waals surface area contributed by atoms with Crippen LogP contribution >= 0.6 is 0 Å². The summed E-state index contributed by atoms with van der Waals surface area (Å²) in [5, 5.41) is 11.6. The molecule has 2 rings (SSSR count). The van der Waals surface area contributed by atoms with E-state index in [-0.39, 0.29) is 86.9 Å². The summed E-state index contributed by atoms with van der Waals surface area (Å²) in [5.41, 5.74) is 0.182. The van der Waals surface area contributed by atoms with Gasteiger partial charge in [0.25, 0.3) is 5.91 Å². The topological polar surface area (TPSA) is 99.6 Å². The van der Waals surface area contributed by atoms with E-state index in [0.717, 1.165) is 6.20 Å². The fourth-order valence-electron chi connectivity index (χ4n) is 2.18. The predicted octanol–water partition coefficient (Wildman–Crippen LogP) is -2.66. The third-order valence-corrected chi connectivity index (χ3v) is 3.33. The molecule has 0 bridgehead atoms. The molecule has 1 saturated heterocycles. The molecule has 1 aliphatic rings. The number of hydrogen-bond acceptors (Lipinski definition) is 4. The van der Waals surface area contributed by atoms with Gasteiger partial charge in [-0.3, -0.25) is 14.6 Å². The first-order valence-electron chi connectivity index (χ1n) is 6.58. The number of likely N-dealkylation sites (tertiary alicyclic amines) is 1. The van der Waals surface area contributed by atoms with Crippen LogP contribution < -0.4 is 56.7 Å². The first kappa shape index (κ1) is 19.2. The Hall–Kier alpha value is -0.804. The molecule has 1 aromatic rings. The minimum Gasteiger partial charge on any atom is -0.478 e. The molecular formula is C14H16KN3O4. The van der Waals surface area contributed by atoms with Crippen molar-refractivity contribution in [2.45, 2.75) is 18.9 Å². The van der Waals surface area contributed by atoms with Crippen LogP contribution in [0.5, 0.6) is 0 Å². The van der Waals surface area contributed by atoms with Crippen molar-refractivity contribution >= 4 is 17.8 Å². The predicted molar refractivity (Wildman–Crippen MR) is 73.6 cm³/mol. The molecular weight excluding hydrogens is 313 g/mol. The van der Waals surface area contributed by atoms with Gasteiger partial charge in [0.2, 0.25) is 0 Å². The number of amides is 2. The fraction of sp³-hybridized carbons (Fsp3) is 0.357. The van der Waals surface area contributed by atoms with E-state index in [2.05, 4.69) is 17.2 Å². The summed E-state index contributed by atoms with van der Waals surface area (Å²) in [5.74, 6) is -1.50. The van der Waals surface area contributed by atoms with Gasteiger partial charge in [-0.15, -0.1) is 6.42 Å². The Morgan fingerprint density at radius 1 is 1.41 bits per heavy atom. The van der Waals surface area contributed by atoms with E-state index < -0.39 is 5.97 Å². The van der Waals surface area contributed by atoms with Gasteiger partial charge >= 0.3 is 57.4 Å². The maximum absolute atomic E-state index is 12.0. The minimum absolute atomic E-state index is 0. The molecule has 1 fully saturated rings. The van der Waals surface area contributed by atoms with E-state index >= 15 is 0 Å². The molecule has 2 heterocycles. The number of pyridine rings is 1. The number of rotatable bonds is 4. The van der Waals surface area contributed by atoms with Crippen LogP contribution in [0.25, 0.3) is 0 Å². The van der Waals surface area contributed by atoms with E-state index in [1.165, 1.54) is 12.1 Å². The van der Waals surface area contributed by atoms with Gasteiger partial charge in [-0.05, 0) is 18.6 Å². The molecule has 0 spiro atoms. The van der Waals surface area contributed by atoms with Gasteiger partial charge in [-0.2, -0.15) is 0 Å². The van der Waals surface area contributed by atoms with Gasteiger partial charge in [0.1, 0.15) is 5.69 Å². The zero-order valence-corrected chi connectivity index (χ0v) is 15.5. The second-order valence-electron chi connectivity index (χ2n) is 4.79. The van der Waals surface area contributed by atoms with E-state index in [1.54, 1.807) is 4.90 Å². The van der Waals surface area contributed by atoms with Crippen LogP contribution in [0.4, 0.5) is 0 Å². The summed E-state index contributed by atoms with van der Waals surface area (Å²) in [6, 6.07) is 2.58. The number of aromatic carboxylic acids is 1. The summed E-state index contributed by atoms with van der Waals surface area (Å²) in [7, 11) is 0. The number of carboxylic acid groups (broad SMARTS) is 1. The van der Waals surface area contributed by atoms with Crippen LogP contribution in [0, 0.1) is 6.92 Å². The summed E-state index contributed by atoms with van der Waals surface area (Å²) in [6.07, 6.45) is 2.04. The van der Waals surface area contributed by atoms with Gasteiger partial charge in [0.05, 0.1) is 5.56 Å². The van der Waals surface area contributed by atoms with E-state index in [4.69, 9.17) is 5.11 Å². The van der Waals surface area contributed by atoms with Crippen LogP contribution in [0.2, 0.25) is 0 Å². The largest absolute Gasteiger partial charge is 1.00 e. The number of nitrogens with zero attached hydrogens (tertiary/aromatic N) is 2. The normalized spacial score (nSPS) is 16.8. The number of nitrogens with one attached hydrogen (secondary N) is 1. The number of carbonyl (C=O) groups excluding carboxylic acids is 2. The molecule has 8 heteroatoms. The number of aromatic nitrogens is 1. The van der Waals surface area contributed by atoms with E-state index in [0.29, 0.717) is 19.5 Å². The molecule has 22 heavy (non-hydrogen) atoms. The monoisotopic (exact) mass is 329 g/mol. The smallest absolute Gasteiger partial charge is 0.478 e. The Bertz CT molecular complexity index is 562. The average molecular weight is 329 g/mol. The summed E-state index contributed by atoms with van der Waals surface area (Å²) < 4.78 is 0. The number of carbonyl (C=O) groups is 3. The summed E-state index contributed by atoms with van der Waals surface area (Å²) in [4.78, 5) is 39.7. The van der Waals surface area contributed by atoms with Crippen molar-refractivity contribution in [2.24, 2.45) is 0 Å². The standard InChI is InChI=1S/C14H16N3O4.K/c1-2-12(18)17-6-5-10(8-17)16-13(19)11-4-3-9(7-15-11)14(20)21;/h3-4,7,10H,1-2,5-6,8H2,(H,16,19)(H,20,21);/q-1;+1. The summed E-state index contributed by atoms with van der Waals surface area (Å²) >= 11 is 0. The molecule has 7 nitrogen and oxygen atoms in total. The molecule has 1 aromatic heterocycles. The van der Waals surface area contributed by atoms with Crippen molar-refractivity contribution in [3.8, 4) is 0 Å². The fourth-order valence-corrected chi connectivity index (χ4v) is 2.18. The Morgan fingerprint density at radius 2 is 2.14 bits per heavy atom. The molecule has 0 aromatic carbocycles. The van der Waals surface area contributed by atoms with Crippen molar-refractivity contribution in [2.75, 3.05) is 13.1 Å². The Morgan fingerprint density at radius 3 is 2.68 bits per heavy atom. The van der Waals surface area contributed by atoms with Gasteiger partial charge in [-0.25, -0.2) is 4.79 Å². The van der Waals surface area contributed by atoms with Gasteiger partial charge in [-0.1, -0.05) is 0 Å². The van der Waals surface area contributed by atoms with Crippen LogP contribution in [0.1, 0.15) is 33.7 Å². The molecule has 2 N–H and O–H groups in total. The molecule has 112 valence electrons. The molecule has 0 aliphatic carbocycles. The molecule has 1 unspecified atom stereocenters.